The van der Waals surface area contributed by atoms with Gasteiger partial charge in [-0.25, -0.2) is 4.39 Å². The fourth-order valence-corrected chi connectivity index (χ4v) is 3.75. The highest BCUT2D eigenvalue weighted by molar-refractivity contribution is 5.80. The number of ether oxygens (including phenoxy) is 2. The maximum absolute atomic E-state index is 13.0. The van der Waals surface area contributed by atoms with Gasteiger partial charge in [-0.2, -0.15) is 0 Å². The van der Waals surface area contributed by atoms with E-state index in [0.29, 0.717) is 32.7 Å². The molecule has 0 saturated carbocycles. The van der Waals surface area contributed by atoms with Gasteiger partial charge in [-0.3, -0.25) is 9.78 Å². The van der Waals surface area contributed by atoms with Crippen molar-refractivity contribution in [2.45, 2.75) is 37.6 Å². The standard InChI is InChI=1S/C21H23FN2O3/c22-18-3-1-16(2-4-18)11-20(25)24-14-21(15-24)12-19(7-10-27-21)26-13-17-5-8-23-9-6-17/h1-6,8-9,19H,7,10-15H2. The van der Waals surface area contributed by atoms with Crippen molar-refractivity contribution in [2.75, 3.05) is 19.7 Å². The lowest BCUT2D eigenvalue weighted by atomic mass is 9.84. The highest BCUT2D eigenvalue weighted by Crippen LogP contribution is 2.35. The van der Waals surface area contributed by atoms with E-state index in [2.05, 4.69) is 4.98 Å². The number of aromatic nitrogens is 1. The van der Waals surface area contributed by atoms with Gasteiger partial charge >= 0.3 is 0 Å². The smallest absolute Gasteiger partial charge is 0.227 e. The topological polar surface area (TPSA) is 51.7 Å². The van der Waals surface area contributed by atoms with Crippen molar-refractivity contribution >= 4 is 5.91 Å². The van der Waals surface area contributed by atoms with E-state index < -0.39 is 0 Å². The quantitative estimate of drug-likeness (QED) is 0.812. The number of hydrogen-bond donors (Lipinski definition) is 0. The van der Waals surface area contributed by atoms with Gasteiger partial charge in [-0.1, -0.05) is 12.1 Å². The number of hydrogen-bond acceptors (Lipinski definition) is 4. The van der Waals surface area contributed by atoms with Gasteiger partial charge in [-0.15, -0.1) is 0 Å². The minimum atomic E-state index is -0.289. The summed E-state index contributed by atoms with van der Waals surface area (Å²) in [5, 5.41) is 0. The molecule has 2 aromatic rings. The molecule has 1 atom stereocenters. The third-order valence-corrected chi connectivity index (χ3v) is 5.26. The van der Waals surface area contributed by atoms with Crippen molar-refractivity contribution in [1.82, 2.24) is 9.88 Å². The number of benzene rings is 1. The van der Waals surface area contributed by atoms with Crippen LogP contribution in [0.5, 0.6) is 0 Å². The number of pyridine rings is 1. The van der Waals surface area contributed by atoms with Gasteiger partial charge < -0.3 is 14.4 Å². The average Bonchev–Trinajstić information content (AvgIpc) is 2.67. The fraction of sp³-hybridized carbons (Fsp3) is 0.429. The first kappa shape index (κ1) is 18.1. The van der Waals surface area contributed by atoms with Crippen LogP contribution in [0.4, 0.5) is 4.39 Å². The number of nitrogens with zero attached hydrogens (tertiary/aromatic N) is 2. The number of carbonyl (C=O) groups is 1. The Morgan fingerprint density at radius 1 is 1.19 bits per heavy atom. The predicted octanol–water partition coefficient (Wildman–Crippen LogP) is 2.74. The Morgan fingerprint density at radius 2 is 1.93 bits per heavy atom. The molecule has 1 amide bonds. The summed E-state index contributed by atoms with van der Waals surface area (Å²) < 4.78 is 25.0. The average molecular weight is 370 g/mol. The summed E-state index contributed by atoms with van der Waals surface area (Å²) in [6, 6.07) is 9.98. The van der Waals surface area contributed by atoms with Crippen LogP contribution >= 0.6 is 0 Å². The molecule has 1 spiro atoms. The van der Waals surface area contributed by atoms with Crippen LogP contribution in [-0.4, -0.2) is 47.2 Å². The Labute approximate surface area is 158 Å². The number of carbonyl (C=O) groups excluding carboxylic acids is 1. The van der Waals surface area contributed by atoms with Crippen LogP contribution < -0.4 is 0 Å². The Morgan fingerprint density at radius 3 is 2.67 bits per heavy atom. The molecule has 142 valence electrons. The third kappa shape index (κ3) is 4.34. The molecule has 3 heterocycles. The van der Waals surface area contributed by atoms with Crippen LogP contribution in [0.3, 0.4) is 0 Å². The summed E-state index contributed by atoms with van der Waals surface area (Å²) in [4.78, 5) is 18.3. The fourth-order valence-electron chi connectivity index (χ4n) is 3.75. The third-order valence-electron chi connectivity index (χ3n) is 5.26. The summed E-state index contributed by atoms with van der Waals surface area (Å²) in [7, 11) is 0. The van der Waals surface area contributed by atoms with Crippen molar-refractivity contribution in [3.63, 3.8) is 0 Å². The van der Waals surface area contributed by atoms with Gasteiger partial charge in [0.05, 0.1) is 32.2 Å². The molecule has 0 aliphatic carbocycles. The van der Waals surface area contributed by atoms with E-state index in [9.17, 15) is 9.18 Å². The second-order valence-corrected chi connectivity index (χ2v) is 7.37. The van der Waals surface area contributed by atoms with Crippen LogP contribution in [0.25, 0.3) is 0 Å². The van der Waals surface area contributed by atoms with E-state index in [-0.39, 0.29) is 23.4 Å². The SMILES string of the molecule is O=C(Cc1ccc(F)cc1)N1CC2(CC(OCc3ccncc3)CCO2)C1. The zero-order valence-electron chi connectivity index (χ0n) is 15.1. The first-order chi connectivity index (χ1) is 13.1. The van der Waals surface area contributed by atoms with Gasteiger partial charge in [0.25, 0.3) is 0 Å². The zero-order valence-corrected chi connectivity index (χ0v) is 15.1. The summed E-state index contributed by atoms with van der Waals surface area (Å²) in [5.74, 6) is -0.238. The van der Waals surface area contributed by atoms with Crippen LogP contribution in [-0.2, 0) is 27.3 Å². The number of likely N-dealkylation sites (tertiary alicyclic amines) is 1. The molecular formula is C21H23FN2O3. The van der Waals surface area contributed by atoms with E-state index in [4.69, 9.17) is 9.47 Å². The molecule has 0 N–H and O–H groups in total. The second kappa shape index (κ2) is 7.74. The van der Waals surface area contributed by atoms with Crippen molar-refractivity contribution < 1.29 is 18.7 Å². The van der Waals surface area contributed by atoms with Crippen molar-refractivity contribution in [3.05, 3.63) is 65.7 Å². The van der Waals surface area contributed by atoms with Gasteiger partial charge in [0.15, 0.2) is 0 Å². The molecule has 27 heavy (non-hydrogen) atoms. The van der Waals surface area contributed by atoms with Crippen molar-refractivity contribution in [2.24, 2.45) is 0 Å². The Kier molecular flexibility index (Phi) is 5.18. The van der Waals surface area contributed by atoms with Crippen molar-refractivity contribution in [3.8, 4) is 0 Å². The van der Waals surface area contributed by atoms with Gasteiger partial charge in [0.2, 0.25) is 5.91 Å². The minimum Gasteiger partial charge on any atom is -0.373 e. The number of rotatable bonds is 5. The van der Waals surface area contributed by atoms with E-state index in [1.165, 1.54) is 12.1 Å². The first-order valence-electron chi connectivity index (χ1n) is 9.29. The Bertz CT molecular complexity index is 776. The molecule has 1 aromatic heterocycles. The Balaban J connectivity index is 1.26. The minimum absolute atomic E-state index is 0.0515. The van der Waals surface area contributed by atoms with Gasteiger partial charge in [0.1, 0.15) is 11.4 Å². The first-order valence-corrected chi connectivity index (χ1v) is 9.29. The molecule has 6 heteroatoms. The molecule has 0 bridgehead atoms. The van der Waals surface area contributed by atoms with E-state index >= 15 is 0 Å². The maximum Gasteiger partial charge on any atom is 0.227 e. The monoisotopic (exact) mass is 370 g/mol. The predicted molar refractivity (Wildman–Crippen MR) is 97.4 cm³/mol. The van der Waals surface area contributed by atoms with Crippen molar-refractivity contribution in [1.29, 1.82) is 0 Å². The zero-order chi connectivity index (χ0) is 18.7. The van der Waals surface area contributed by atoms with Crippen LogP contribution in [0.1, 0.15) is 24.0 Å². The van der Waals surface area contributed by atoms with Gasteiger partial charge in [-0.05, 0) is 41.8 Å². The molecule has 2 aliphatic heterocycles. The lowest BCUT2D eigenvalue weighted by Crippen LogP contribution is -2.67. The van der Waals surface area contributed by atoms with Crippen LogP contribution in [0.15, 0.2) is 48.8 Å². The second-order valence-electron chi connectivity index (χ2n) is 7.37. The Hall–Kier alpha value is -2.31. The maximum atomic E-state index is 13.0. The molecule has 2 fully saturated rings. The van der Waals surface area contributed by atoms with E-state index in [0.717, 1.165) is 24.0 Å². The molecule has 2 saturated heterocycles. The summed E-state index contributed by atoms with van der Waals surface area (Å²) >= 11 is 0. The highest BCUT2D eigenvalue weighted by atomic mass is 19.1. The lowest BCUT2D eigenvalue weighted by molar-refractivity contribution is -0.202. The molecule has 1 unspecified atom stereocenters. The van der Waals surface area contributed by atoms with E-state index in [1.807, 2.05) is 17.0 Å². The van der Waals surface area contributed by atoms with Gasteiger partial charge in [0, 0.05) is 25.4 Å². The van der Waals surface area contributed by atoms with Crippen LogP contribution in [0, 0.1) is 5.82 Å². The number of halogens is 1. The molecule has 1 aromatic carbocycles. The molecule has 0 radical (unpaired) electrons. The lowest BCUT2D eigenvalue weighted by Gasteiger charge is -2.53. The molecule has 4 rings (SSSR count). The molecule has 2 aliphatic rings. The molecular weight excluding hydrogens is 347 g/mol. The highest BCUT2D eigenvalue weighted by Gasteiger charge is 2.49. The summed E-state index contributed by atoms with van der Waals surface area (Å²) in [6.07, 6.45) is 5.63. The van der Waals surface area contributed by atoms with E-state index in [1.54, 1.807) is 24.5 Å². The summed E-state index contributed by atoms with van der Waals surface area (Å²) in [6.45, 7) is 2.42. The normalized spacial score (nSPS) is 21.1. The molecule has 5 nitrogen and oxygen atoms in total. The number of amides is 1. The van der Waals surface area contributed by atoms with Crippen LogP contribution in [0.2, 0.25) is 0 Å². The summed E-state index contributed by atoms with van der Waals surface area (Å²) in [5.41, 5.74) is 1.65. The largest absolute Gasteiger partial charge is 0.373 e.